The minimum absolute atomic E-state index is 0.0106. The maximum Gasteiger partial charge on any atom is 0.403 e. The van der Waals surface area contributed by atoms with Gasteiger partial charge in [-0.3, -0.25) is 4.52 Å². The minimum Gasteiger partial charge on any atom is -0.481 e. The number of aliphatic hydroxyl groups is 2. The molecule has 2 fully saturated rings. The van der Waals surface area contributed by atoms with Crippen molar-refractivity contribution < 1.29 is 33.7 Å². The van der Waals surface area contributed by atoms with Crippen LogP contribution in [0.5, 0.6) is 5.88 Å². The molecule has 0 amide bonds. The predicted octanol–water partition coefficient (Wildman–Crippen LogP) is 4.99. The molecule has 1 spiro atoms. The number of nitrogens with one attached hydrogen (secondary N) is 2. The first-order valence-electron chi connectivity index (χ1n) is 18.0. The van der Waals surface area contributed by atoms with Crippen molar-refractivity contribution in [2.45, 2.75) is 87.3 Å². The Hall–Kier alpha value is -4.17. The summed E-state index contributed by atoms with van der Waals surface area (Å²) >= 11 is 6.24. The van der Waals surface area contributed by atoms with Gasteiger partial charge in [0, 0.05) is 36.0 Å². The van der Waals surface area contributed by atoms with Gasteiger partial charge in [-0.25, -0.2) is 29.1 Å². The van der Waals surface area contributed by atoms with Crippen molar-refractivity contribution in [2.75, 3.05) is 31.2 Å². The molecule has 0 bridgehead atoms. The highest BCUT2D eigenvalue weighted by Crippen LogP contribution is 2.61. The quantitative estimate of drug-likeness (QED) is 0.0414. The Balaban J connectivity index is 0.804. The lowest BCUT2D eigenvalue weighted by Gasteiger charge is -2.24. The van der Waals surface area contributed by atoms with Crippen molar-refractivity contribution in [1.29, 1.82) is 5.26 Å². The Kier molecular flexibility index (Phi) is 11.0. The second kappa shape index (κ2) is 15.5. The van der Waals surface area contributed by atoms with E-state index < -0.39 is 37.3 Å². The fourth-order valence-electron chi connectivity index (χ4n) is 7.29. The van der Waals surface area contributed by atoms with E-state index in [1.807, 2.05) is 30.3 Å². The lowest BCUT2D eigenvalue weighted by Crippen LogP contribution is -2.41. The van der Waals surface area contributed by atoms with E-state index >= 15 is 0 Å². The predicted molar refractivity (Wildman–Crippen MR) is 202 cm³/mol. The van der Waals surface area contributed by atoms with Gasteiger partial charge in [0.15, 0.2) is 5.82 Å². The summed E-state index contributed by atoms with van der Waals surface area (Å²) in [5.41, 5.74) is 6.12. The van der Waals surface area contributed by atoms with Crippen molar-refractivity contribution >= 4 is 58.3 Å². The van der Waals surface area contributed by atoms with Crippen LogP contribution in [-0.4, -0.2) is 83.8 Å². The number of nitriles is 1. The standard InChI is InChI=1S/C36H43ClN9O7P/c1-51-29-15-12-24-31(45-29)30(23-11-10-22(37)18-25(23)44-24)40-16-8-6-4-2-3-5-7-9-17-43-54(49,50)52-28-19-35(28)32(47)33(48)36(20-38,53-35)27-14-13-26-34(39)41-21-42-46(26)27/h10-15,18,21,28,32-33,47-48H,2-9,16-17,19H2,1H3,(H,40,44)(H2,39,41,42)(H2,43,49,50)/t28?,32-,33+,35?,36-/m0/s1. The molecule has 1 saturated heterocycles. The Morgan fingerprint density at radius 3 is 2.52 bits per heavy atom. The number of halogens is 1. The van der Waals surface area contributed by atoms with E-state index in [0.717, 1.165) is 79.1 Å². The number of nitrogen functional groups attached to an aromatic ring is 1. The largest absolute Gasteiger partial charge is 0.481 e. The smallest absolute Gasteiger partial charge is 0.403 e. The first kappa shape index (κ1) is 38.1. The van der Waals surface area contributed by atoms with E-state index in [2.05, 4.69) is 25.5 Å². The van der Waals surface area contributed by atoms with E-state index in [0.29, 0.717) is 22.8 Å². The molecule has 5 heterocycles. The molecule has 1 aromatic carbocycles. The van der Waals surface area contributed by atoms with Crippen LogP contribution in [0, 0.1) is 11.3 Å². The number of methoxy groups -OCH3 is 1. The molecule has 6 atom stereocenters. The number of nitrogens with two attached hydrogens (primary N) is 1. The Labute approximate surface area is 316 Å². The SMILES string of the molecule is COc1ccc2nc3cc(Cl)ccc3c(NCCCCCCCCCCNP(=O)(O)OC3CC34O[C@@](C#N)(c3ccc5c(N)ncnn35)[C@H](O)[C@@H]4O)c2n1. The van der Waals surface area contributed by atoms with Gasteiger partial charge in [-0.2, -0.15) is 10.4 Å². The maximum atomic E-state index is 12.9. The second-order valence-corrected chi connectivity index (χ2v) is 15.8. The van der Waals surface area contributed by atoms with Crippen LogP contribution in [0.1, 0.15) is 63.5 Å². The molecule has 286 valence electrons. The van der Waals surface area contributed by atoms with Crippen LogP contribution in [0.2, 0.25) is 5.02 Å². The van der Waals surface area contributed by atoms with Crippen LogP contribution in [0.3, 0.4) is 0 Å². The second-order valence-electron chi connectivity index (χ2n) is 13.8. The fraction of sp³-hybridized carbons (Fsp3) is 0.472. The summed E-state index contributed by atoms with van der Waals surface area (Å²) in [5, 5.41) is 44.1. The van der Waals surface area contributed by atoms with Gasteiger partial charge in [0.2, 0.25) is 11.5 Å². The summed E-state index contributed by atoms with van der Waals surface area (Å²) in [6.07, 6.45) is 4.79. The van der Waals surface area contributed by atoms with Gasteiger partial charge < -0.3 is 35.6 Å². The number of hydrogen-bond acceptors (Lipinski definition) is 13. The molecule has 1 saturated carbocycles. The number of aromatic nitrogens is 5. The monoisotopic (exact) mass is 779 g/mol. The zero-order chi connectivity index (χ0) is 38.1. The highest BCUT2D eigenvalue weighted by atomic mass is 35.5. The summed E-state index contributed by atoms with van der Waals surface area (Å²) in [6, 6.07) is 14.4. The Morgan fingerprint density at radius 1 is 1.04 bits per heavy atom. The Morgan fingerprint density at radius 2 is 1.78 bits per heavy atom. The highest BCUT2D eigenvalue weighted by molar-refractivity contribution is 7.50. The molecular formula is C36H43ClN9O7P. The van der Waals surface area contributed by atoms with Gasteiger partial charge in [-0.15, -0.1) is 0 Å². The molecule has 4 aromatic heterocycles. The molecule has 7 rings (SSSR count). The van der Waals surface area contributed by atoms with Crippen molar-refractivity contribution in [1.82, 2.24) is 29.7 Å². The van der Waals surface area contributed by atoms with Gasteiger partial charge in [-0.05, 0) is 49.2 Å². The van der Waals surface area contributed by atoms with Gasteiger partial charge in [0.25, 0.3) is 0 Å². The summed E-state index contributed by atoms with van der Waals surface area (Å²) < 4.78 is 31.1. The molecule has 18 heteroatoms. The van der Waals surface area contributed by atoms with Crippen molar-refractivity contribution in [2.24, 2.45) is 0 Å². The summed E-state index contributed by atoms with van der Waals surface area (Å²) in [6.45, 7) is 1.04. The van der Waals surface area contributed by atoms with Crippen molar-refractivity contribution in [3.05, 3.63) is 59.5 Å². The number of aliphatic hydroxyl groups excluding tert-OH is 2. The number of rotatable bonds is 17. The third-order valence-corrected chi connectivity index (χ3v) is 11.6. The van der Waals surface area contributed by atoms with Gasteiger partial charge in [0.05, 0.1) is 29.5 Å². The molecule has 1 aliphatic heterocycles. The molecule has 2 aliphatic rings. The topological polar surface area (TPSA) is 235 Å². The number of hydrogen-bond donors (Lipinski definition) is 6. The maximum absolute atomic E-state index is 12.9. The zero-order valence-electron chi connectivity index (χ0n) is 29.7. The van der Waals surface area contributed by atoms with E-state index in [4.69, 9.17) is 36.3 Å². The van der Waals surface area contributed by atoms with Gasteiger partial charge in [-0.1, -0.05) is 50.1 Å². The van der Waals surface area contributed by atoms with E-state index in [1.165, 1.54) is 16.9 Å². The van der Waals surface area contributed by atoms with Crippen molar-refractivity contribution in [3.8, 4) is 11.9 Å². The molecule has 3 unspecified atom stereocenters. The number of fused-ring (bicyclic) bond motifs is 3. The van der Waals surface area contributed by atoms with Crippen LogP contribution in [-0.2, 0) is 19.4 Å². The fourth-order valence-corrected chi connectivity index (χ4v) is 8.57. The summed E-state index contributed by atoms with van der Waals surface area (Å²) in [5.74, 6) is 0.683. The number of nitrogens with zero attached hydrogens (tertiary/aromatic N) is 6. The lowest BCUT2D eigenvalue weighted by atomic mass is 9.92. The molecule has 54 heavy (non-hydrogen) atoms. The van der Waals surface area contributed by atoms with Crippen LogP contribution in [0.15, 0.2) is 48.8 Å². The minimum atomic E-state index is -4.27. The number of anilines is 2. The zero-order valence-corrected chi connectivity index (χ0v) is 31.3. The summed E-state index contributed by atoms with van der Waals surface area (Å²) in [4.78, 5) is 23.8. The van der Waals surface area contributed by atoms with Crippen LogP contribution < -0.4 is 20.9 Å². The first-order valence-corrected chi connectivity index (χ1v) is 20.0. The number of unbranched alkanes of at least 4 members (excludes halogenated alkanes) is 7. The highest BCUT2D eigenvalue weighted by Gasteiger charge is 2.76. The Bertz CT molecular complexity index is 2260. The van der Waals surface area contributed by atoms with Crippen LogP contribution in [0.25, 0.3) is 27.5 Å². The summed E-state index contributed by atoms with van der Waals surface area (Å²) in [7, 11) is -2.68. The normalized spacial score (nSPS) is 24.6. The lowest BCUT2D eigenvalue weighted by molar-refractivity contribution is -0.0740. The third kappa shape index (κ3) is 7.30. The number of pyridine rings is 2. The number of benzene rings is 1. The van der Waals surface area contributed by atoms with Gasteiger partial charge >= 0.3 is 7.75 Å². The molecule has 5 aromatic rings. The first-order chi connectivity index (χ1) is 26.0. The molecular weight excluding hydrogens is 737 g/mol. The van der Waals surface area contributed by atoms with E-state index in [9.17, 15) is 24.9 Å². The molecule has 0 radical (unpaired) electrons. The molecule has 16 nitrogen and oxygen atoms in total. The van der Waals surface area contributed by atoms with Crippen molar-refractivity contribution in [3.63, 3.8) is 0 Å². The van der Waals surface area contributed by atoms with Crippen LogP contribution >= 0.6 is 19.3 Å². The van der Waals surface area contributed by atoms with E-state index in [1.54, 1.807) is 19.2 Å². The third-order valence-electron chi connectivity index (χ3n) is 10.2. The van der Waals surface area contributed by atoms with Crippen LogP contribution in [0.4, 0.5) is 11.5 Å². The van der Waals surface area contributed by atoms with Gasteiger partial charge in [0.1, 0.15) is 47.3 Å². The average molecular weight is 780 g/mol. The van der Waals surface area contributed by atoms with E-state index in [-0.39, 0.29) is 24.5 Å². The molecule has 1 aliphatic carbocycles. The molecule has 7 N–H and O–H groups in total. The number of ether oxygens (including phenoxy) is 2. The average Bonchev–Trinajstić information content (AvgIpc) is 3.53.